The lowest BCUT2D eigenvalue weighted by Gasteiger charge is -2.19. The largest absolute Gasteiger partial charge is 0.507 e. The van der Waals surface area contributed by atoms with Crippen LogP contribution < -0.4 is 9.46 Å². The van der Waals surface area contributed by atoms with Crippen LogP contribution in [0.2, 0.25) is 0 Å². The first-order valence-corrected chi connectivity index (χ1v) is 11.3. The summed E-state index contributed by atoms with van der Waals surface area (Å²) in [5, 5.41) is 10.3. The maximum Gasteiger partial charge on any atom is 0.244 e. The van der Waals surface area contributed by atoms with Gasteiger partial charge in [0.25, 0.3) is 0 Å². The van der Waals surface area contributed by atoms with Gasteiger partial charge < -0.3 is 9.84 Å². The molecule has 0 saturated carbocycles. The molecule has 1 unspecified atom stereocenters. The Morgan fingerprint density at radius 2 is 1.83 bits per heavy atom. The summed E-state index contributed by atoms with van der Waals surface area (Å²) in [5.41, 5.74) is 1.27. The number of hydrogen-bond acceptors (Lipinski definition) is 5. The van der Waals surface area contributed by atoms with Crippen LogP contribution in [0.25, 0.3) is 0 Å². The number of methoxy groups -OCH3 is 1. The molecule has 0 spiro atoms. The molecule has 2 aromatic carbocycles. The zero-order valence-corrected chi connectivity index (χ0v) is 18.2. The second-order valence-corrected chi connectivity index (χ2v) is 8.77. The molecule has 7 heteroatoms. The topological polar surface area (TPSA) is 92.7 Å². The van der Waals surface area contributed by atoms with Crippen LogP contribution in [0, 0.1) is 6.92 Å². The van der Waals surface area contributed by atoms with Gasteiger partial charge in [-0.05, 0) is 25.8 Å². The minimum Gasteiger partial charge on any atom is -0.507 e. The molecular weight excluding hydrogens is 390 g/mol. The molecule has 2 N–H and O–H groups in total. The fourth-order valence-electron chi connectivity index (χ4n) is 3.04. The second kappa shape index (κ2) is 9.89. The van der Waals surface area contributed by atoms with Crippen LogP contribution in [0.15, 0.2) is 41.3 Å². The van der Waals surface area contributed by atoms with Gasteiger partial charge in [-0.25, -0.2) is 13.1 Å². The first-order valence-electron chi connectivity index (χ1n) is 9.78. The van der Waals surface area contributed by atoms with Crippen LogP contribution >= 0.6 is 0 Å². The maximum absolute atomic E-state index is 13.0. The number of aromatic hydroxyl groups is 1. The number of nitrogens with one attached hydrogen (secondary N) is 1. The molecule has 0 heterocycles. The number of hydrogen-bond donors (Lipinski definition) is 2. The Balaban J connectivity index is 2.47. The summed E-state index contributed by atoms with van der Waals surface area (Å²) >= 11 is 0. The van der Waals surface area contributed by atoms with E-state index >= 15 is 0 Å². The zero-order chi connectivity index (χ0) is 21.6. The van der Waals surface area contributed by atoms with Gasteiger partial charge in [0.1, 0.15) is 16.4 Å². The van der Waals surface area contributed by atoms with Gasteiger partial charge in [0.15, 0.2) is 5.78 Å². The summed E-state index contributed by atoms with van der Waals surface area (Å²) in [7, 11) is -2.62. The van der Waals surface area contributed by atoms with Crippen molar-refractivity contribution in [1.82, 2.24) is 4.72 Å². The van der Waals surface area contributed by atoms with Crippen molar-refractivity contribution in [2.24, 2.45) is 0 Å². The minimum atomic E-state index is -3.94. The van der Waals surface area contributed by atoms with Crippen LogP contribution in [0.1, 0.15) is 61.0 Å². The van der Waals surface area contributed by atoms with Crippen molar-refractivity contribution in [2.75, 3.05) is 7.11 Å². The maximum atomic E-state index is 13.0. The molecular formula is C22H29NO5S. The first-order chi connectivity index (χ1) is 13.7. The van der Waals surface area contributed by atoms with Crippen molar-refractivity contribution in [1.29, 1.82) is 0 Å². The Bertz CT molecular complexity index is 952. The standard InChI is InChI=1S/C22H29NO5S/c1-5-7-8-17(6-2)23-29(26,27)21-13-18(19(24)14-20(21)28-4)22(25)16-11-9-15(3)10-12-16/h9-14,17,23-24H,5-8H2,1-4H3. The molecule has 29 heavy (non-hydrogen) atoms. The first kappa shape index (κ1) is 22.9. The molecule has 0 amide bonds. The Kier molecular flexibility index (Phi) is 7.81. The smallest absolute Gasteiger partial charge is 0.244 e. The lowest BCUT2D eigenvalue weighted by atomic mass is 10.0. The number of phenols is 1. The number of aryl methyl sites for hydroxylation is 1. The number of phenolic OH excluding ortho intramolecular Hbond substituents is 1. The number of sulfonamides is 1. The normalized spacial score (nSPS) is 12.6. The molecule has 6 nitrogen and oxygen atoms in total. The predicted molar refractivity (Wildman–Crippen MR) is 113 cm³/mol. The average molecular weight is 420 g/mol. The summed E-state index contributed by atoms with van der Waals surface area (Å²) in [6, 6.07) is 9.00. The molecule has 0 aliphatic heterocycles. The van der Waals surface area contributed by atoms with Crippen molar-refractivity contribution < 1.29 is 23.1 Å². The van der Waals surface area contributed by atoms with Crippen LogP contribution in [0.3, 0.4) is 0 Å². The number of unbranched alkanes of at least 4 members (excludes halogenated alkanes) is 1. The van der Waals surface area contributed by atoms with Gasteiger partial charge >= 0.3 is 0 Å². The van der Waals surface area contributed by atoms with Crippen LogP contribution in [0.5, 0.6) is 11.5 Å². The predicted octanol–water partition coefficient (Wildman–Crippen LogP) is 4.19. The Morgan fingerprint density at radius 1 is 1.17 bits per heavy atom. The summed E-state index contributed by atoms with van der Waals surface area (Å²) in [6.07, 6.45) is 3.25. The Hall–Kier alpha value is -2.38. The van der Waals surface area contributed by atoms with E-state index in [2.05, 4.69) is 4.72 Å². The third-order valence-electron chi connectivity index (χ3n) is 4.85. The third-order valence-corrected chi connectivity index (χ3v) is 6.39. The number of carbonyl (C=O) groups excluding carboxylic acids is 1. The van der Waals surface area contributed by atoms with Gasteiger partial charge in [-0.3, -0.25) is 4.79 Å². The zero-order valence-electron chi connectivity index (χ0n) is 17.4. The highest BCUT2D eigenvalue weighted by Gasteiger charge is 2.26. The summed E-state index contributed by atoms with van der Waals surface area (Å²) in [6.45, 7) is 5.87. The van der Waals surface area contributed by atoms with Gasteiger partial charge in [-0.1, -0.05) is 56.5 Å². The highest BCUT2D eigenvalue weighted by Crippen LogP contribution is 2.33. The van der Waals surface area contributed by atoms with E-state index in [-0.39, 0.29) is 28.0 Å². The molecule has 0 aromatic heterocycles. The second-order valence-electron chi connectivity index (χ2n) is 7.08. The lowest BCUT2D eigenvalue weighted by molar-refractivity contribution is 0.103. The molecule has 158 valence electrons. The average Bonchev–Trinajstić information content (AvgIpc) is 2.70. The molecule has 0 saturated heterocycles. The number of benzene rings is 2. The van der Waals surface area contributed by atoms with Crippen molar-refractivity contribution in [2.45, 2.75) is 57.4 Å². The summed E-state index contributed by atoms with van der Waals surface area (Å²) in [5.74, 6) is -0.801. The van der Waals surface area contributed by atoms with E-state index in [1.807, 2.05) is 20.8 Å². The highest BCUT2D eigenvalue weighted by molar-refractivity contribution is 7.89. The molecule has 0 fully saturated rings. The van der Waals surface area contributed by atoms with Gasteiger partial charge in [-0.15, -0.1) is 0 Å². The van der Waals surface area contributed by atoms with Crippen molar-refractivity contribution in [3.8, 4) is 11.5 Å². The number of rotatable bonds is 10. The molecule has 0 radical (unpaired) electrons. The van der Waals surface area contributed by atoms with Crippen molar-refractivity contribution >= 4 is 15.8 Å². The van der Waals surface area contributed by atoms with Gasteiger partial charge in [0.05, 0.1) is 12.7 Å². The fraction of sp³-hybridized carbons (Fsp3) is 0.409. The Morgan fingerprint density at radius 3 is 2.38 bits per heavy atom. The molecule has 0 aliphatic rings. The summed E-state index contributed by atoms with van der Waals surface area (Å²) in [4.78, 5) is 12.7. The molecule has 0 aliphatic carbocycles. The fourth-order valence-corrected chi connectivity index (χ4v) is 4.57. The molecule has 1 atom stereocenters. The van der Waals surface area contributed by atoms with E-state index in [9.17, 15) is 18.3 Å². The Labute approximate surface area is 173 Å². The highest BCUT2D eigenvalue weighted by atomic mass is 32.2. The van der Waals surface area contributed by atoms with Crippen LogP contribution in [-0.4, -0.2) is 32.5 Å². The third kappa shape index (κ3) is 5.58. The van der Waals surface area contributed by atoms with Gasteiger partial charge in [0.2, 0.25) is 10.0 Å². The van der Waals surface area contributed by atoms with E-state index in [1.165, 1.54) is 19.2 Å². The van der Waals surface area contributed by atoms with Crippen molar-refractivity contribution in [3.63, 3.8) is 0 Å². The molecule has 2 rings (SSSR count). The summed E-state index contributed by atoms with van der Waals surface area (Å²) < 4.78 is 33.9. The van der Waals surface area contributed by atoms with E-state index in [4.69, 9.17) is 4.74 Å². The number of ether oxygens (including phenoxy) is 1. The van der Waals surface area contributed by atoms with E-state index in [1.54, 1.807) is 24.3 Å². The minimum absolute atomic E-state index is 0.0131. The van der Waals surface area contributed by atoms with Crippen LogP contribution in [-0.2, 0) is 10.0 Å². The van der Waals surface area contributed by atoms with E-state index in [0.717, 1.165) is 24.8 Å². The van der Waals surface area contributed by atoms with E-state index in [0.29, 0.717) is 12.0 Å². The van der Waals surface area contributed by atoms with Gasteiger partial charge in [-0.2, -0.15) is 0 Å². The molecule has 0 bridgehead atoms. The van der Waals surface area contributed by atoms with Crippen molar-refractivity contribution in [3.05, 3.63) is 53.1 Å². The monoisotopic (exact) mass is 419 g/mol. The lowest BCUT2D eigenvalue weighted by Crippen LogP contribution is -2.34. The van der Waals surface area contributed by atoms with E-state index < -0.39 is 15.8 Å². The quantitative estimate of drug-likeness (QED) is 0.564. The van der Waals surface area contributed by atoms with Gasteiger partial charge in [0, 0.05) is 17.7 Å². The number of carbonyl (C=O) groups is 1. The molecule has 2 aromatic rings. The SMILES string of the molecule is CCCCC(CC)NS(=O)(=O)c1cc(C(=O)c2ccc(C)cc2)c(O)cc1OC. The van der Waals surface area contributed by atoms with Crippen LogP contribution in [0.4, 0.5) is 0 Å². The number of ketones is 1.